The van der Waals surface area contributed by atoms with E-state index in [0.717, 1.165) is 6.26 Å². The second-order valence-corrected chi connectivity index (χ2v) is 11.2. The Bertz CT molecular complexity index is 1090. The highest BCUT2D eigenvalue weighted by Crippen LogP contribution is 2.69. The molecule has 4 nitrogen and oxygen atoms in total. The summed E-state index contributed by atoms with van der Waals surface area (Å²) in [6.07, 6.45) is -10.8. The predicted molar refractivity (Wildman–Crippen MR) is 119 cm³/mol. The summed E-state index contributed by atoms with van der Waals surface area (Å²) in [6.45, 7) is 13.9. The number of hydrogen-bond acceptors (Lipinski definition) is 4. The lowest BCUT2D eigenvalue weighted by molar-refractivity contribution is -0.473. The SMILES string of the molecule is C=C(C)C(=O)OC(C)(C)C.C=COC1CC2CC1C1C2OC1(C(F)(F)F)C(F)(F)F.FC1=C(F)C(F)(F)C(F)(F)C1(F)F. The molecule has 43 heavy (non-hydrogen) atoms. The summed E-state index contributed by atoms with van der Waals surface area (Å²) in [5.74, 6) is -27.5. The van der Waals surface area contributed by atoms with Crippen molar-refractivity contribution in [1.82, 2.24) is 0 Å². The zero-order valence-electron chi connectivity index (χ0n) is 22.7. The van der Waals surface area contributed by atoms with Crippen molar-refractivity contribution in [2.24, 2.45) is 17.8 Å². The van der Waals surface area contributed by atoms with Crippen molar-refractivity contribution < 1.29 is 80.5 Å². The molecule has 2 saturated carbocycles. The van der Waals surface area contributed by atoms with Gasteiger partial charge in [-0.1, -0.05) is 13.2 Å². The average Bonchev–Trinajstić information content (AvgIpc) is 3.31. The number of allylic oxidation sites excluding steroid dienone is 2. The number of carbonyl (C=O) groups is 1. The average molecular weight is 656 g/mol. The lowest BCUT2D eigenvalue weighted by atomic mass is 9.67. The van der Waals surface area contributed by atoms with Crippen molar-refractivity contribution in [3.63, 3.8) is 0 Å². The molecule has 0 N–H and O–H groups in total. The molecule has 248 valence electrons. The Balaban J connectivity index is 0.000000244. The van der Waals surface area contributed by atoms with Crippen LogP contribution >= 0.6 is 0 Å². The summed E-state index contributed by atoms with van der Waals surface area (Å²) in [7, 11) is 0. The van der Waals surface area contributed by atoms with Crippen LogP contribution in [0, 0.1) is 17.8 Å². The molecule has 2 bridgehead atoms. The Morgan fingerprint density at radius 1 is 0.907 bits per heavy atom. The summed E-state index contributed by atoms with van der Waals surface area (Å²) >= 11 is 0. The number of ether oxygens (including phenoxy) is 3. The van der Waals surface area contributed by atoms with E-state index in [4.69, 9.17) is 9.47 Å². The van der Waals surface area contributed by atoms with Crippen LogP contribution in [0.4, 0.5) is 61.5 Å². The number of rotatable bonds is 3. The second-order valence-electron chi connectivity index (χ2n) is 11.2. The van der Waals surface area contributed by atoms with Crippen molar-refractivity contribution in [1.29, 1.82) is 0 Å². The summed E-state index contributed by atoms with van der Waals surface area (Å²) in [5.41, 5.74) is -4.00. The Labute approximate surface area is 235 Å². The van der Waals surface area contributed by atoms with Gasteiger partial charge in [0.1, 0.15) is 11.7 Å². The molecule has 0 amide bonds. The molecule has 0 aromatic carbocycles. The summed E-state index contributed by atoms with van der Waals surface area (Å²) in [4.78, 5) is 10.8. The van der Waals surface area contributed by atoms with E-state index < -0.39 is 77.0 Å². The maximum atomic E-state index is 13.0. The van der Waals surface area contributed by atoms with Crippen molar-refractivity contribution >= 4 is 5.97 Å². The van der Waals surface area contributed by atoms with E-state index in [9.17, 15) is 66.3 Å². The predicted octanol–water partition coefficient (Wildman–Crippen LogP) is 8.39. The molecule has 4 rings (SSSR count). The van der Waals surface area contributed by atoms with Crippen molar-refractivity contribution in [3.05, 3.63) is 36.6 Å². The first kappa shape index (κ1) is 36.7. The highest BCUT2D eigenvalue weighted by molar-refractivity contribution is 5.87. The molecule has 1 saturated heterocycles. The Hall–Kier alpha value is -2.53. The first-order valence-corrected chi connectivity index (χ1v) is 12.2. The van der Waals surface area contributed by atoms with Crippen molar-refractivity contribution in [2.75, 3.05) is 0 Å². The zero-order valence-corrected chi connectivity index (χ0v) is 22.7. The highest BCUT2D eigenvalue weighted by Gasteiger charge is 2.87. The van der Waals surface area contributed by atoms with E-state index in [1.165, 1.54) is 0 Å². The van der Waals surface area contributed by atoms with Crippen molar-refractivity contribution in [3.8, 4) is 0 Å². The van der Waals surface area contributed by atoms with Gasteiger partial charge in [-0.2, -0.15) is 52.7 Å². The minimum atomic E-state index is -6.06. The molecular formula is C25H26F14O4. The number of alkyl halides is 12. The van der Waals surface area contributed by atoms with Crippen LogP contribution in [-0.2, 0) is 19.0 Å². The largest absolute Gasteiger partial charge is 0.498 e. The van der Waals surface area contributed by atoms with Crippen LogP contribution in [0.3, 0.4) is 0 Å². The van der Waals surface area contributed by atoms with E-state index in [1.54, 1.807) is 6.92 Å². The molecule has 4 aliphatic rings. The zero-order chi connectivity index (χ0) is 33.9. The van der Waals surface area contributed by atoms with Crippen LogP contribution in [0.15, 0.2) is 36.6 Å². The van der Waals surface area contributed by atoms with Crippen LogP contribution in [0.2, 0.25) is 0 Å². The molecule has 3 aliphatic carbocycles. The van der Waals surface area contributed by atoms with Gasteiger partial charge in [0.2, 0.25) is 11.7 Å². The third-order valence-corrected chi connectivity index (χ3v) is 7.05. The second kappa shape index (κ2) is 11.1. The minimum absolute atomic E-state index is 0.280. The Kier molecular flexibility index (Phi) is 9.48. The smallest absolute Gasteiger partial charge is 0.426 e. The van der Waals surface area contributed by atoms with Gasteiger partial charge in [-0.3, -0.25) is 0 Å². The molecule has 5 atom stereocenters. The molecule has 5 unspecified atom stereocenters. The van der Waals surface area contributed by atoms with Crippen LogP contribution in [-0.4, -0.2) is 59.5 Å². The van der Waals surface area contributed by atoms with Gasteiger partial charge in [0.15, 0.2) is 0 Å². The molecule has 0 aromatic heterocycles. The van der Waals surface area contributed by atoms with Gasteiger partial charge in [0.05, 0.1) is 12.4 Å². The van der Waals surface area contributed by atoms with E-state index in [1.807, 2.05) is 20.8 Å². The highest BCUT2D eigenvalue weighted by atomic mass is 19.4. The number of fused-ring (bicyclic) bond motifs is 5. The van der Waals surface area contributed by atoms with E-state index >= 15 is 0 Å². The first-order valence-electron chi connectivity index (χ1n) is 12.2. The number of esters is 1. The maximum Gasteiger partial charge on any atom is 0.426 e. The van der Waals surface area contributed by atoms with Gasteiger partial charge in [-0.15, -0.1) is 0 Å². The molecule has 18 heteroatoms. The van der Waals surface area contributed by atoms with Gasteiger partial charge in [0.25, 0.3) is 5.60 Å². The van der Waals surface area contributed by atoms with E-state index in [0.29, 0.717) is 12.0 Å². The molecule has 0 radical (unpaired) electrons. The fourth-order valence-electron chi connectivity index (χ4n) is 5.24. The lowest BCUT2D eigenvalue weighted by Gasteiger charge is -2.57. The Morgan fingerprint density at radius 2 is 1.35 bits per heavy atom. The number of hydrogen-bond donors (Lipinski definition) is 0. The standard InChI is InChI=1S/C12H12F6O2.C8H14O2.C5F8/c1-2-19-7-4-5-3-6(7)8-9(5)20-10(8,11(13,14)15)12(16,17)18;1-6(2)7(9)10-8(3,4)5;6-1-2(7)4(10,11)5(12,13)3(1,8)9/h2,5-9H,1,3-4H2;1H2,2-5H3;. The third kappa shape index (κ3) is 5.95. The minimum Gasteiger partial charge on any atom is -0.498 e. The molecular weight excluding hydrogens is 630 g/mol. The summed E-state index contributed by atoms with van der Waals surface area (Å²) in [6, 6.07) is 0. The van der Waals surface area contributed by atoms with Crippen LogP contribution in [0.5, 0.6) is 0 Å². The van der Waals surface area contributed by atoms with Crippen LogP contribution in [0.1, 0.15) is 40.5 Å². The fraction of sp³-hybridized carbons (Fsp3) is 0.720. The maximum absolute atomic E-state index is 13.0. The fourth-order valence-corrected chi connectivity index (χ4v) is 5.24. The Morgan fingerprint density at radius 3 is 1.63 bits per heavy atom. The van der Waals surface area contributed by atoms with Gasteiger partial charge >= 0.3 is 36.1 Å². The monoisotopic (exact) mass is 656 g/mol. The molecule has 3 fully saturated rings. The normalized spacial score (nSPS) is 31.0. The van der Waals surface area contributed by atoms with E-state index in [-0.39, 0.29) is 18.3 Å². The number of carbonyl (C=O) groups excluding carboxylic acids is 1. The molecule has 1 aliphatic heterocycles. The first-order chi connectivity index (χ1) is 19.0. The summed E-state index contributed by atoms with van der Waals surface area (Å²) in [5, 5.41) is 0. The van der Waals surface area contributed by atoms with Gasteiger partial charge < -0.3 is 14.2 Å². The molecule has 0 spiro atoms. The van der Waals surface area contributed by atoms with Gasteiger partial charge in [-0.05, 0) is 46.5 Å². The summed E-state index contributed by atoms with van der Waals surface area (Å²) < 4.78 is 188. The van der Waals surface area contributed by atoms with Gasteiger partial charge in [0, 0.05) is 17.4 Å². The topological polar surface area (TPSA) is 44.8 Å². The quantitative estimate of drug-likeness (QED) is 0.133. The lowest BCUT2D eigenvalue weighted by Crippen LogP contribution is -2.76. The number of halogens is 14. The van der Waals surface area contributed by atoms with Crippen LogP contribution in [0.25, 0.3) is 0 Å². The molecule has 1 heterocycles. The van der Waals surface area contributed by atoms with Crippen LogP contribution < -0.4 is 0 Å². The van der Waals surface area contributed by atoms with E-state index in [2.05, 4.69) is 17.9 Å². The molecule has 0 aromatic rings. The van der Waals surface area contributed by atoms with Gasteiger partial charge in [-0.25, -0.2) is 13.6 Å². The third-order valence-electron chi connectivity index (χ3n) is 7.05. The van der Waals surface area contributed by atoms with Crippen molar-refractivity contribution in [2.45, 2.75) is 94.1 Å².